The van der Waals surface area contributed by atoms with Crippen LogP contribution in [-0.2, 0) is 0 Å². The standard InChI is InChI=1S/C9H16O2/c1-4-7-8(10)9(11,5-2)6-3/h8,10-11H,5-6H2,1-3H3. The van der Waals surface area contributed by atoms with Gasteiger partial charge in [0.1, 0.15) is 11.7 Å². The molecule has 2 N–H and O–H groups in total. The third-order valence-electron chi connectivity index (χ3n) is 2.01. The largest absolute Gasteiger partial charge is 0.386 e. The van der Waals surface area contributed by atoms with Crippen LogP contribution in [0, 0.1) is 11.8 Å². The molecule has 0 amide bonds. The van der Waals surface area contributed by atoms with E-state index in [0.29, 0.717) is 12.8 Å². The molecule has 0 aromatic carbocycles. The molecule has 2 heteroatoms. The van der Waals surface area contributed by atoms with Gasteiger partial charge in [-0.1, -0.05) is 19.8 Å². The van der Waals surface area contributed by atoms with Crippen LogP contribution in [0.25, 0.3) is 0 Å². The molecule has 0 aliphatic heterocycles. The van der Waals surface area contributed by atoms with Crippen LogP contribution in [0.15, 0.2) is 0 Å². The topological polar surface area (TPSA) is 40.5 Å². The zero-order valence-corrected chi connectivity index (χ0v) is 7.39. The lowest BCUT2D eigenvalue weighted by Crippen LogP contribution is -2.40. The maximum atomic E-state index is 9.68. The lowest BCUT2D eigenvalue weighted by Gasteiger charge is -2.27. The molecule has 0 aromatic rings. The second-order valence-corrected chi connectivity index (χ2v) is 2.61. The predicted molar refractivity (Wildman–Crippen MR) is 45.0 cm³/mol. The fourth-order valence-electron chi connectivity index (χ4n) is 0.908. The molecular formula is C9H16O2. The van der Waals surface area contributed by atoms with Crippen LogP contribution in [-0.4, -0.2) is 21.9 Å². The zero-order chi connectivity index (χ0) is 8.91. The Balaban J connectivity index is 4.31. The van der Waals surface area contributed by atoms with Crippen molar-refractivity contribution in [1.82, 2.24) is 0 Å². The fourth-order valence-corrected chi connectivity index (χ4v) is 0.908. The first-order chi connectivity index (χ1) is 5.10. The van der Waals surface area contributed by atoms with Crippen LogP contribution in [0.4, 0.5) is 0 Å². The van der Waals surface area contributed by atoms with Crippen LogP contribution >= 0.6 is 0 Å². The molecule has 0 bridgehead atoms. The summed E-state index contributed by atoms with van der Waals surface area (Å²) in [4.78, 5) is 0. The molecule has 0 spiro atoms. The highest BCUT2D eigenvalue weighted by Crippen LogP contribution is 2.18. The molecule has 11 heavy (non-hydrogen) atoms. The molecule has 1 atom stereocenters. The van der Waals surface area contributed by atoms with Gasteiger partial charge in [0.15, 0.2) is 0 Å². The average molecular weight is 156 g/mol. The maximum Gasteiger partial charge on any atom is 0.143 e. The quantitative estimate of drug-likeness (QED) is 0.596. The summed E-state index contributed by atoms with van der Waals surface area (Å²) in [7, 11) is 0. The summed E-state index contributed by atoms with van der Waals surface area (Å²) in [5, 5.41) is 19.0. The monoisotopic (exact) mass is 156 g/mol. The molecule has 0 aromatic heterocycles. The zero-order valence-electron chi connectivity index (χ0n) is 7.39. The second kappa shape index (κ2) is 4.38. The van der Waals surface area contributed by atoms with E-state index >= 15 is 0 Å². The van der Waals surface area contributed by atoms with Crippen molar-refractivity contribution in [3.63, 3.8) is 0 Å². The Labute approximate surface area is 68.2 Å². The van der Waals surface area contributed by atoms with E-state index in [4.69, 9.17) is 0 Å². The van der Waals surface area contributed by atoms with Gasteiger partial charge in [0.05, 0.1) is 0 Å². The Morgan fingerprint density at radius 1 is 1.36 bits per heavy atom. The van der Waals surface area contributed by atoms with Crippen molar-refractivity contribution >= 4 is 0 Å². The van der Waals surface area contributed by atoms with Crippen molar-refractivity contribution in [2.24, 2.45) is 0 Å². The molecule has 0 saturated carbocycles. The van der Waals surface area contributed by atoms with Gasteiger partial charge in [-0.25, -0.2) is 0 Å². The summed E-state index contributed by atoms with van der Waals surface area (Å²) >= 11 is 0. The van der Waals surface area contributed by atoms with Gasteiger partial charge >= 0.3 is 0 Å². The summed E-state index contributed by atoms with van der Waals surface area (Å²) < 4.78 is 0. The minimum atomic E-state index is -1.02. The molecule has 2 nitrogen and oxygen atoms in total. The molecule has 0 saturated heterocycles. The van der Waals surface area contributed by atoms with Crippen molar-refractivity contribution in [2.45, 2.75) is 45.3 Å². The SMILES string of the molecule is CC#CC(O)C(O)(CC)CC. The molecule has 0 rings (SSSR count). The van der Waals surface area contributed by atoms with E-state index in [1.807, 2.05) is 13.8 Å². The highest BCUT2D eigenvalue weighted by molar-refractivity contribution is 5.09. The Morgan fingerprint density at radius 3 is 2.09 bits per heavy atom. The third kappa shape index (κ3) is 2.53. The van der Waals surface area contributed by atoms with E-state index in [-0.39, 0.29) is 0 Å². The molecule has 0 radical (unpaired) electrons. The Hall–Kier alpha value is -0.520. The van der Waals surface area contributed by atoms with Gasteiger partial charge in [0.2, 0.25) is 0 Å². The molecule has 1 unspecified atom stereocenters. The summed E-state index contributed by atoms with van der Waals surface area (Å²) in [5.74, 6) is 5.13. The lowest BCUT2D eigenvalue weighted by molar-refractivity contribution is -0.0529. The smallest absolute Gasteiger partial charge is 0.143 e. The normalized spacial score (nSPS) is 13.5. The van der Waals surface area contributed by atoms with Gasteiger partial charge in [-0.2, -0.15) is 0 Å². The lowest BCUT2D eigenvalue weighted by atomic mass is 9.91. The highest BCUT2D eigenvalue weighted by Gasteiger charge is 2.30. The first-order valence-corrected chi connectivity index (χ1v) is 3.93. The number of hydrogen-bond acceptors (Lipinski definition) is 2. The van der Waals surface area contributed by atoms with Crippen molar-refractivity contribution in [3.05, 3.63) is 0 Å². The van der Waals surface area contributed by atoms with Crippen molar-refractivity contribution in [1.29, 1.82) is 0 Å². The van der Waals surface area contributed by atoms with Crippen LogP contribution < -0.4 is 0 Å². The van der Waals surface area contributed by atoms with Crippen LogP contribution in [0.5, 0.6) is 0 Å². The molecule has 0 fully saturated rings. The predicted octanol–water partition coefficient (Wildman–Crippen LogP) is 0.922. The Morgan fingerprint density at radius 2 is 1.82 bits per heavy atom. The molecule has 0 aliphatic carbocycles. The van der Waals surface area contributed by atoms with E-state index in [0.717, 1.165) is 0 Å². The van der Waals surface area contributed by atoms with Gasteiger partial charge in [-0.15, -0.1) is 5.92 Å². The summed E-state index contributed by atoms with van der Waals surface area (Å²) in [6.45, 7) is 5.32. The molecule has 64 valence electrons. The average Bonchev–Trinajstić information content (AvgIpc) is 2.03. The summed E-state index contributed by atoms with van der Waals surface area (Å²) in [5.41, 5.74) is -1.02. The fraction of sp³-hybridized carbons (Fsp3) is 0.778. The van der Waals surface area contributed by atoms with Crippen molar-refractivity contribution < 1.29 is 10.2 Å². The van der Waals surface area contributed by atoms with Gasteiger partial charge in [0.25, 0.3) is 0 Å². The number of aliphatic hydroxyl groups is 2. The first kappa shape index (κ1) is 10.5. The Kier molecular flexibility index (Phi) is 4.17. The van der Waals surface area contributed by atoms with E-state index in [1.165, 1.54) is 0 Å². The number of rotatable bonds is 3. The van der Waals surface area contributed by atoms with Crippen molar-refractivity contribution in [3.8, 4) is 11.8 Å². The summed E-state index contributed by atoms with van der Waals surface area (Å²) in [6.07, 6.45) is 0.140. The second-order valence-electron chi connectivity index (χ2n) is 2.61. The molecule has 0 heterocycles. The highest BCUT2D eigenvalue weighted by atomic mass is 16.3. The minimum absolute atomic E-state index is 0.527. The number of hydrogen-bond donors (Lipinski definition) is 2. The summed E-state index contributed by atoms with van der Waals surface area (Å²) in [6, 6.07) is 0. The third-order valence-corrected chi connectivity index (χ3v) is 2.01. The van der Waals surface area contributed by atoms with Crippen LogP contribution in [0.2, 0.25) is 0 Å². The first-order valence-electron chi connectivity index (χ1n) is 3.93. The van der Waals surface area contributed by atoms with E-state index in [1.54, 1.807) is 6.92 Å². The minimum Gasteiger partial charge on any atom is -0.386 e. The van der Waals surface area contributed by atoms with Crippen LogP contribution in [0.3, 0.4) is 0 Å². The Bertz CT molecular complexity index is 160. The molecular weight excluding hydrogens is 140 g/mol. The van der Waals surface area contributed by atoms with Gasteiger partial charge in [-0.3, -0.25) is 0 Å². The van der Waals surface area contributed by atoms with E-state index < -0.39 is 11.7 Å². The number of aliphatic hydroxyl groups excluding tert-OH is 1. The van der Waals surface area contributed by atoms with Crippen LogP contribution in [0.1, 0.15) is 33.6 Å². The van der Waals surface area contributed by atoms with E-state index in [2.05, 4.69) is 11.8 Å². The van der Waals surface area contributed by atoms with Crippen molar-refractivity contribution in [2.75, 3.05) is 0 Å². The van der Waals surface area contributed by atoms with Gasteiger partial charge in [-0.05, 0) is 19.8 Å². The van der Waals surface area contributed by atoms with E-state index in [9.17, 15) is 10.2 Å². The van der Waals surface area contributed by atoms with Gasteiger partial charge in [0, 0.05) is 0 Å². The van der Waals surface area contributed by atoms with Gasteiger partial charge < -0.3 is 10.2 Å². The molecule has 0 aliphatic rings. The maximum absolute atomic E-state index is 9.68.